The number of nitrogens with one attached hydrogen (secondary N) is 1. The summed E-state index contributed by atoms with van der Waals surface area (Å²) in [6, 6.07) is 11.9. The molecule has 8 fully saturated rings. The van der Waals surface area contributed by atoms with Gasteiger partial charge in [0.15, 0.2) is 23.1 Å². The van der Waals surface area contributed by atoms with Crippen molar-refractivity contribution >= 4 is 26.0 Å². The lowest BCUT2D eigenvalue weighted by atomic mass is 9.51. The first-order valence-corrected chi connectivity index (χ1v) is 17.8. The zero-order valence-corrected chi connectivity index (χ0v) is 27.5. The molecule has 1 aromatic heterocycles. The summed E-state index contributed by atoms with van der Waals surface area (Å²) in [6.45, 7) is 13.6. The molecule has 1 unspecified atom stereocenters. The number of rotatable bonds is 5. The minimum absolute atomic E-state index is 0.0276. The van der Waals surface area contributed by atoms with E-state index in [0.717, 1.165) is 0 Å². The number of hydrogen-bond acceptors (Lipinski definition) is 10. The Labute approximate surface area is 267 Å². The Morgan fingerprint density at radius 3 is 2.54 bits per heavy atom. The van der Waals surface area contributed by atoms with E-state index in [9.17, 15) is 15.0 Å². The van der Waals surface area contributed by atoms with Gasteiger partial charge in [-0.3, -0.25) is 13.6 Å². The number of carbonyl (C=O) groups excluding carboxylic acids is 1. The van der Waals surface area contributed by atoms with Crippen LogP contribution in [0.2, 0.25) is 6.32 Å². The molecular formula is C33H39BNO10P. The molecular weight excluding hydrogens is 612 g/mol. The minimum atomic E-state index is -4.29. The average Bonchev–Trinajstić information content (AvgIpc) is 3.63. The summed E-state index contributed by atoms with van der Waals surface area (Å²) < 4.78 is 57.1. The maximum absolute atomic E-state index is 15.5. The second-order valence-corrected chi connectivity index (χ2v) is 16.9. The SMILES string of the molecule is C=C1CC[C@@]23OB(CC)O[C@@]45[C@H](OC(=O)c6ccc[nH]6)C(O)(C(C)C)[C@]6(C)[C@]47O[P@](=O)(c4ccccc4)O[C@H]1[C@@]27O[C@@]6(O)C[C@@]35C. The number of esters is 1. The number of benzene rings is 1. The fourth-order valence-electron chi connectivity index (χ4n) is 11.8. The van der Waals surface area contributed by atoms with Crippen LogP contribution in [0.4, 0.5) is 0 Å². The highest BCUT2D eigenvalue weighted by Crippen LogP contribution is 2.96. The summed E-state index contributed by atoms with van der Waals surface area (Å²) in [4.78, 5) is 16.9. The largest absolute Gasteiger partial charge is 0.457 e. The summed E-state index contributed by atoms with van der Waals surface area (Å²) in [5.74, 6) is -3.43. The maximum Gasteiger partial charge on any atom is 0.457 e. The number of aromatic amines is 1. The molecule has 1 aromatic carbocycles. The van der Waals surface area contributed by atoms with Gasteiger partial charge in [-0.05, 0) is 61.8 Å². The van der Waals surface area contributed by atoms with Crippen LogP contribution in [0.1, 0.15) is 64.4 Å². The molecule has 244 valence electrons. The standard InChI is InChI=1S/C33H39BNO10P/c1-7-34-43-28-16-15-20(4)23-31(28)33(45-46(39,41-23)21-12-9-8-10-13-21)27(6)29(37,42-31)18-26(28,5)32(33,44-34)25(30(27,38)19(2)3)40-24(36)22-14-11-17-35-22/h8-14,17,19,23,25,35,37-38H,4,7,15-16,18H2,1-3,5-6H3/t23-,25-,26+,27-,28+,29+,30?,31-,32-,33-,46+/m1/s1. The molecule has 11 nitrogen and oxygen atoms in total. The van der Waals surface area contributed by atoms with Gasteiger partial charge in [0.05, 0.1) is 16.3 Å². The molecule has 8 aliphatic rings. The monoisotopic (exact) mass is 651 g/mol. The maximum atomic E-state index is 15.5. The Kier molecular flexibility index (Phi) is 5.38. The third-order valence-electron chi connectivity index (χ3n) is 13.4. The normalized spacial score (nSPS) is 52.3. The first-order chi connectivity index (χ1) is 21.7. The lowest BCUT2D eigenvalue weighted by Gasteiger charge is -2.65. The van der Waals surface area contributed by atoms with Crippen LogP contribution in [-0.4, -0.2) is 74.3 Å². The third-order valence-corrected chi connectivity index (χ3v) is 15.3. The molecule has 10 rings (SSSR count). The van der Waals surface area contributed by atoms with Gasteiger partial charge in [0, 0.05) is 18.0 Å². The number of aliphatic hydroxyl groups is 2. The highest BCUT2D eigenvalue weighted by Gasteiger charge is 3.14. The number of carbonyl (C=O) groups is 1. The van der Waals surface area contributed by atoms with E-state index in [1.807, 2.05) is 13.8 Å². The lowest BCUT2D eigenvalue weighted by molar-refractivity contribution is -0.385. The van der Waals surface area contributed by atoms with E-state index in [0.29, 0.717) is 30.0 Å². The fourth-order valence-corrected chi connectivity index (χ4v) is 14.0. The zero-order valence-electron chi connectivity index (χ0n) is 26.6. The van der Waals surface area contributed by atoms with Gasteiger partial charge >= 0.3 is 20.7 Å². The number of ether oxygens (including phenoxy) is 2. The van der Waals surface area contributed by atoms with Gasteiger partial charge in [-0.25, -0.2) is 4.79 Å². The Bertz CT molecular complexity index is 1760. The molecule has 13 heteroatoms. The van der Waals surface area contributed by atoms with E-state index in [4.69, 9.17) is 27.8 Å². The van der Waals surface area contributed by atoms with Crippen LogP contribution in [-0.2, 0) is 32.4 Å². The predicted molar refractivity (Wildman–Crippen MR) is 164 cm³/mol. The molecule has 7 bridgehead atoms. The van der Waals surface area contributed by atoms with E-state index in [-0.39, 0.29) is 12.1 Å². The predicted octanol–water partition coefficient (Wildman–Crippen LogP) is 3.88. The van der Waals surface area contributed by atoms with E-state index >= 15 is 4.57 Å². The van der Waals surface area contributed by atoms with Crippen LogP contribution in [0, 0.1) is 16.7 Å². The van der Waals surface area contributed by atoms with Crippen molar-refractivity contribution in [3.63, 3.8) is 0 Å². The first kappa shape index (κ1) is 29.8. The van der Waals surface area contributed by atoms with Gasteiger partial charge in [0.1, 0.15) is 23.0 Å². The summed E-state index contributed by atoms with van der Waals surface area (Å²) in [7, 11) is -5.13. The van der Waals surface area contributed by atoms with Crippen LogP contribution in [0.5, 0.6) is 0 Å². The van der Waals surface area contributed by atoms with Crippen molar-refractivity contribution in [1.29, 1.82) is 0 Å². The Balaban J connectivity index is 1.44. The van der Waals surface area contributed by atoms with E-state index < -0.39 is 83.4 Å². The van der Waals surface area contributed by atoms with Gasteiger partial charge in [-0.15, -0.1) is 0 Å². The Morgan fingerprint density at radius 1 is 1.15 bits per heavy atom. The quantitative estimate of drug-likeness (QED) is 0.189. The molecule has 5 heterocycles. The topological polar surface area (TPSA) is 146 Å². The van der Waals surface area contributed by atoms with Gasteiger partial charge in [0.25, 0.3) is 0 Å². The highest BCUT2D eigenvalue weighted by molar-refractivity contribution is 7.62. The van der Waals surface area contributed by atoms with Crippen molar-refractivity contribution in [1.82, 2.24) is 4.98 Å². The number of aromatic nitrogens is 1. The summed E-state index contributed by atoms with van der Waals surface area (Å²) in [5, 5.41) is 26.8. The van der Waals surface area contributed by atoms with Crippen molar-refractivity contribution in [2.75, 3.05) is 0 Å². The summed E-state index contributed by atoms with van der Waals surface area (Å²) in [6.07, 6.45) is 0.365. The van der Waals surface area contributed by atoms with Crippen LogP contribution in [0.3, 0.4) is 0 Å². The van der Waals surface area contributed by atoms with Crippen molar-refractivity contribution in [3.05, 3.63) is 66.5 Å². The van der Waals surface area contributed by atoms with Gasteiger partial charge in [-0.1, -0.05) is 52.5 Å². The molecule has 46 heavy (non-hydrogen) atoms. The van der Waals surface area contributed by atoms with Crippen molar-refractivity contribution in [2.24, 2.45) is 16.7 Å². The molecule has 2 aromatic rings. The second-order valence-electron chi connectivity index (χ2n) is 15.0. The summed E-state index contributed by atoms with van der Waals surface area (Å²) in [5.41, 5.74) is -10.8. The molecule has 4 spiro atoms. The van der Waals surface area contributed by atoms with Gasteiger partial charge in [-0.2, -0.15) is 0 Å². The average molecular weight is 651 g/mol. The lowest BCUT2D eigenvalue weighted by Crippen LogP contribution is -2.78. The van der Waals surface area contributed by atoms with E-state index in [1.165, 1.54) is 0 Å². The first-order valence-electron chi connectivity index (χ1n) is 16.2. The Hall–Kier alpha value is -2.28. The highest BCUT2D eigenvalue weighted by atomic mass is 31.2. The van der Waals surface area contributed by atoms with E-state index in [2.05, 4.69) is 11.6 Å². The molecule has 0 amide bonds. The van der Waals surface area contributed by atoms with E-state index in [1.54, 1.807) is 69.4 Å². The smallest absolute Gasteiger partial charge is 0.451 e. The molecule has 4 aliphatic heterocycles. The molecule has 4 saturated carbocycles. The molecule has 4 aliphatic carbocycles. The van der Waals surface area contributed by atoms with Crippen LogP contribution < -0.4 is 5.30 Å². The fraction of sp³-hybridized carbons (Fsp3) is 0.606. The van der Waals surface area contributed by atoms with Crippen LogP contribution in [0.25, 0.3) is 0 Å². The van der Waals surface area contributed by atoms with Crippen molar-refractivity contribution in [2.45, 2.75) is 106 Å². The molecule has 3 N–H and O–H groups in total. The van der Waals surface area contributed by atoms with Crippen LogP contribution in [0.15, 0.2) is 60.8 Å². The van der Waals surface area contributed by atoms with Crippen molar-refractivity contribution in [3.8, 4) is 0 Å². The molecule has 11 atom stereocenters. The summed E-state index contributed by atoms with van der Waals surface area (Å²) >= 11 is 0. The number of hydrogen-bond donors (Lipinski definition) is 3. The zero-order chi connectivity index (χ0) is 32.6. The Morgan fingerprint density at radius 2 is 1.89 bits per heavy atom. The van der Waals surface area contributed by atoms with Gasteiger partial charge in [0.2, 0.25) is 0 Å². The molecule has 4 saturated heterocycles. The van der Waals surface area contributed by atoms with Crippen molar-refractivity contribution < 1.29 is 47.4 Å². The van der Waals surface area contributed by atoms with Gasteiger partial charge < -0.3 is 34.0 Å². The van der Waals surface area contributed by atoms with Crippen LogP contribution >= 0.6 is 7.60 Å². The minimum Gasteiger partial charge on any atom is -0.451 e. The second kappa shape index (κ2) is 8.29. The third kappa shape index (κ3) is 2.46. The molecule has 0 radical (unpaired) electrons. The number of H-pyrrole nitrogens is 1.